The van der Waals surface area contributed by atoms with Crippen molar-refractivity contribution in [2.75, 3.05) is 6.54 Å². The first-order valence-corrected chi connectivity index (χ1v) is 6.05. The van der Waals surface area contributed by atoms with Gasteiger partial charge in [-0.05, 0) is 33.6 Å². The van der Waals surface area contributed by atoms with Gasteiger partial charge in [0.2, 0.25) is 0 Å². The van der Waals surface area contributed by atoms with Gasteiger partial charge in [-0.25, -0.2) is 0 Å². The fourth-order valence-electron chi connectivity index (χ4n) is 1.28. The highest BCUT2D eigenvalue weighted by molar-refractivity contribution is 9.10. The van der Waals surface area contributed by atoms with Crippen LogP contribution >= 0.6 is 15.9 Å². The van der Waals surface area contributed by atoms with Crippen molar-refractivity contribution in [3.05, 3.63) is 45.3 Å². The maximum Gasteiger partial charge on any atom is 0.265 e. The Bertz CT molecular complexity index is 423. The predicted octanol–water partition coefficient (Wildman–Crippen LogP) is 2.17. The monoisotopic (exact) mass is 284 g/mol. The Kier molecular flexibility index (Phi) is 4.96. The summed E-state index contributed by atoms with van der Waals surface area (Å²) in [6, 6.07) is 4.01. The molecule has 88 valence electrons. The van der Waals surface area contributed by atoms with E-state index in [1.54, 1.807) is 16.8 Å². The number of aromatic nitrogens is 1. The quantitative estimate of drug-likeness (QED) is 0.841. The third kappa shape index (κ3) is 3.94. The Morgan fingerprint density at radius 2 is 2.31 bits per heavy atom. The van der Waals surface area contributed by atoms with Crippen LogP contribution in [0.1, 0.15) is 13.8 Å². The van der Waals surface area contributed by atoms with Gasteiger partial charge >= 0.3 is 0 Å². The van der Waals surface area contributed by atoms with E-state index in [0.717, 1.165) is 12.1 Å². The standard InChI is InChI=1S/C12H17BrN2O/c1-9(2)14-7-10(3)8-15-6-4-5-11(13)12(15)16/h4-6,9,14H,3,7-8H2,1-2H3. The van der Waals surface area contributed by atoms with Gasteiger partial charge < -0.3 is 9.88 Å². The molecule has 0 saturated heterocycles. The summed E-state index contributed by atoms with van der Waals surface area (Å²) in [6.45, 7) is 9.41. The second-order valence-electron chi connectivity index (χ2n) is 4.07. The maximum absolute atomic E-state index is 11.7. The molecule has 0 aliphatic rings. The lowest BCUT2D eigenvalue weighted by atomic mass is 10.2. The summed E-state index contributed by atoms with van der Waals surface area (Å²) in [4.78, 5) is 11.7. The van der Waals surface area contributed by atoms with Gasteiger partial charge in [-0.1, -0.05) is 20.4 Å². The van der Waals surface area contributed by atoms with Crippen molar-refractivity contribution in [1.29, 1.82) is 0 Å². The normalized spacial score (nSPS) is 10.8. The van der Waals surface area contributed by atoms with Crippen molar-refractivity contribution in [3.63, 3.8) is 0 Å². The molecule has 16 heavy (non-hydrogen) atoms. The summed E-state index contributed by atoms with van der Waals surface area (Å²) in [6.07, 6.45) is 1.77. The number of nitrogens with zero attached hydrogens (tertiary/aromatic N) is 1. The second-order valence-corrected chi connectivity index (χ2v) is 4.93. The molecule has 1 heterocycles. The van der Waals surface area contributed by atoms with Gasteiger partial charge in [0.15, 0.2) is 0 Å². The van der Waals surface area contributed by atoms with Gasteiger partial charge in [0.05, 0.1) is 4.47 Å². The molecule has 0 amide bonds. The number of pyridine rings is 1. The smallest absolute Gasteiger partial charge is 0.265 e. The molecule has 0 saturated carbocycles. The highest BCUT2D eigenvalue weighted by atomic mass is 79.9. The number of hydrogen-bond acceptors (Lipinski definition) is 2. The number of rotatable bonds is 5. The van der Waals surface area contributed by atoms with Crippen LogP contribution < -0.4 is 10.9 Å². The Morgan fingerprint density at radius 1 is 1.62 bits per heavy atom. The van der Waals surface area contributed by atoms with Crippen LogP contribution in [-0.2, 0) is 6.54 Å². The minimum atomic E-state index is -0.0202. The fourth-order valence-corrected chi connectivity index (χ4v) is 1.66. The molecule has 4 heteroatoms. The molecular formula is C12H17BrN2O. The molecule has 3 nitrogen and oxygen atoms in total. The first-order valence-electron chi connectivity index (χ1n) is 5.25. The van der Waals surface area contributed by atoms with Gasteiger partial charge in [-0.15, -0.1) is 0 Å². The minimum Gasteiger partial charge on any atom is -0.311 e. The molecule has 0 atom stereocenters. The average Bonchev–Trinajstić information content (AvgIpc) is 2.22. The summed E-state index contributed by atoms with van der Waals surface area (Å²) in [5.74, 6) is 0. The second kappa shape index (κ2) is 6.01. The Hall–Kier alpha value is -0.870. The lowest BCUT2D eigenvalue weighted by molar-refractivity contribution is 0.599. The minimum absolute atomic E-state index is 0.0202. The molecule has 0 aliphatic heterocycles. The third-order valence-corrected chi connectivity index (χ3v) is 2.73. The predicted molar refractivity (Wildman–Crippen MR) is 70.7 cm³/mol. The SMILES string of the molecule is C=C(CNC(C)C)Cn1cccc(Br)c1=O. The summed E-state index contributed by atoms with van der Waals surface area (Å²) in [5.41, 5.74) is 0.974. The summed E-state index contributed by atoms with van der Waals surface area (Å²) >= 11 is 3.22. The van der Waals surface area contributed by atoms with Crippen molar-refractivity contribution in [2.24, 2.45) is 0 Å². The molecule has 0 unspecified atom stereocenters. The van der Waals surface area contributed by atoms with E-state index < -0.39 is 0 Å². The van der Waals surface area contributed by atoms with Crippen LogP contribution in [-0.4, -0.2) is 17.2 Å². The fraction of sp³-hybridized carbons (Fsp3) is 0.417. The molecule has 0 bridgehead atoms. The van der Waals surface area contributed by atoms with Gasteiger partial charge in [0.25, 0.3) is 5.56 Å². The van der Waals surface area contributed by atoms with E-state index in [0.29, 0.717) is 17.1 Å². The first-order chi connectivity index (χ1) is 7.50. The number of nitrogens with one attached hydrogen (secondary N) is 1. The van der Waals surface area contributed by atoms with E-state index in [2.05, 4.69) is 41.7 Å². The lowest BCUT2D eigenvalue weighted by Crippen LogP contribution is -2.28. The van der Waals surface area contributed by atoms with Crippen LogP contribution in [0.3, 0.4) is 0 Å². The largest absolute Gasteiger partial charge is 0.311 e. The average molecular weight is 285 g/mol. The van der Waals surface area contributed by atoms with Crippen molar-refractivity contribution in [3.8, 4) is 0 Å². The van der Waals surface area contributed by atoms with Crippen LogP contribution in [0, 0.1) is 0 Å². The molecule has 0 spiro atoms. The van der Waals surface area contributed by atoms with E-state index in [1.807, 2.05) is 6.07 Å². The lowest BCUT2D eigenvalue weighted by Gasteiger charge is -2.12. The number of halogens is 1. The molecule has 1 N–H and O–H groups in total. The highest BCUT2D eigenvalue weighted by Gasteiger charge is 2.02. The zero-order valence-corrected chi connectivity index (χ0v) is 11.3. The zero-order chi connectivity index (χ0) is 12.1. The summed E-state index contributed by atoms with van der Waals surface area (Å²) in [5, 5.41) is 3.27. The van der Waals surface area contributed by atoms with Crippen molar-refractivity contribution in [1.82, 2.24) is 9.88 Å². The van der Waals surface area contributed by atoms with Crippen LogP contribution in [0.25, 0.3) is 0 Å². The summed E-state index contributed by atoms with van der Waals surface area (Å²) in [7, 11) is 0. The maximum atomic E-state index is 11.7. The van der Waals surface area contributed by atoms with Crippen LogP contribution in [0.4, 0.5) is 0 Å². The van der Waals surface area contributed by atoms with Crippen LogP contribution in [0.5, 0.6) is 0 Å². The third-order valence-electron chi connectivity index (χ3n) is 2.13. The molecule has 0 radical (unpaired) electrons. The zero-order valence-electron chi connectivity index (χ0n) is 9.66. The molecule has 1 rings (SSSR count). The van der Waals surface area contributed by atoms with E-state index in [1.165, 1.54) is 0 Å². The van der Waals surface area contributed by atoms with Crippen LogP contribution in [0.15, 0.2) is 39.7 Å². The molecular weight excluding hydrogens is 268 g/mol. The van der Waals surface area contributed by atoms with E-state index in [4.69, 9.17) is 0 Å². The topological polar surface area (TPSA) is 34.0 Å². The molecule has 0 aliphatic carbocycles. The van der Waals surface area contributed by atoms with Gasteiger partial charge in [-0.3, -0.25) is 4.79 Å². The van der Waals surface area contributed by atoms with Gasteiger partial charge in [0.1, 0.15) is 0 Å². The van der Waals surface area contributed by atoms with Crippen molar-refractivity contribution in [2.45, 2.75) is 26.4 Å². The van der Waals surface area contributed by atoms with Crippen LogP contribution in [0.2, 0.25) is 0 Å². The number of hydrogen-bond donors (Lipinski definition) is 1. The molecule has 1 aromatic heterocycles. The van der Waals surface area contributed by atoms with Gasteiger partial charge in [-0.2, -0.15) is 0 Å². The Morgan fingerprint density at radius 3 is 2.94 bits per heavy atom. The first kappa shape index (κ1) is 13.2. The van der Waals surface area contributed by atoms with E-state index >= 15 is 0 Å². The van der Waals surface area contributed by atoms with E-state index in [-0.39, 0.29) is 5.56 Å². The molecule has 0 fully saturated rings. The Labute approximate surface area is 104 Å². The Balaban J connectivity index is 2.63. The van der Waals surface area contributed by atoms with E-state index in [9.17, 15) is 4.79 Å². The molecule has 0 aromatic carbocycles. The highest BCUT2D eigenvalue weighted by Crippen LogP contribution is 2.02. The molecule has 1 aromatic rings. The van der Waals surface area contributed by atoms with Crippen molar-refractivity contribution >= 4 is 15.9 Å². The van der Waals surface area contributed by atoms with Crippen molar-refractivity contribution < 1.29 is 0 Å². The summed E-state index contributed by atoms with van der Waals surface area (Å²) < 4.78 is 2.23. The van der Waals surface area contributed by atoms with Gasteiger partial charge in [0, 0.05) is 25.3 Å².